The Bertz CT molecular complexity index is 639. The number of nitrogens with one attached hydrogen (secondary N) is 3. The van der Waals surface area contributed by atoms with Gasteiger partial charge in [-0.15, -0.1) is 0 Å². The standard InChI is InChI=1S/C14H18N4O6/c1-3-23-13(21)11-7(2)15-14(22)16-9(11)6-24-12(20)8-4-5-10(19)18-17-8/h7H,3-6H2,1-2H3,(H,18,19)(H2,15,16,22)/t7-/m1/s1. The van der Waals surface area contributed by atoms with Crippen LogP contribution in [0.4, 0.5) is 4.79 Å². The molecule has 0 saturated heterocycles. The molecular formula is C14H18N4O6. The molecule has 0 aromatic heterocycles. The summed E-state index contributed by atoms with van der Waals surface area (Å²) in [7, 11) is 0. The first-order valence-corrected chi connectivity index (χ1v) is 7.42. The maximum absolute atomic E-state index is 12.0. The normalized spacial score (nSPS) is 20.4. The minimum Gasteiger partial charge on any atom is -0.463 e. The molecule has 10 nitrogen and oxygen atoms in total. The summed E-state index contributed by atoms with van der Waals surface area (Å²) < 4.78 is 10.0. The number of esters is 2. The minimum absolute atomic E-state index is 0.0706. The van der Waals surface area contributed by atoms with Gasteiger partial charge in [-0.1, -0.05) is 0 Å². The second kappa shape index (κ2) is 7.57. The number of ether oxygens (including phenoxy) is 2. The fourth-order valence-corrected chi connectivity index (χ4v) is 2.24. The van der Waals surface area contributed by atoms with E-state index in [9.17, 15) is 19.2 Å². The van der Waals surface area contributed by atoms with Gasteiger partial charge >= 0.3 is 18.0 Å². The summed E-state index contributed by atoms with van der Waals surface area (Å²) in [6.07, 6.45) is 0.307. The predicted molar refractivity (Wildman–Crippen MR) is 80.6 cm³/mol. The van der Waals surface area contributed by atoms with Gasteiger partial charge < -0.3 is 20.1 Å². The first-order valence-electron chi connectivity index (χ1n) is 7.42. The average molecular weight is 338 g/mol. The van der Waals surface area contributed by atoms with Crippen LogP contribution in [0.3, 0.4) is 0 Å². The van der Waals surface area contributed by atoms with E-state index >= 15 is 0 Å². The highest BCUT2D eigenvalue weighted by molar-refractivity contribution is 6.37. The van der Waals surface area contributed by atoms with Gasteiger partial charge in [0.1, 0.15) is 12.3 Å². The van der Waals surface area contributed by atoms with Gasteiger partial charge in [0.15, 0.2) is 0 Å². The molecule has 0 spiro atoms. The largest absolute Gasteiger partial charge is 0.463 e. The molecule has 10 heteroatoms. The molecule has 0 bridgehead atoms. The van der Waals surface area contributed by atoms with Gasteiger partial charge in [0.2, 0.25) is 5.91 Å². The van der Waals surface area contributed by atoms with E-state index in [0.717, 1.165) is 0 Å². The first kappa shape index (κ1) is 17.4. The lowest BCUT2D eigenvalue weighted by Crippen LogP contribution is -2.50. The van der Waals surface area contributed by atoms with Gasteiger partial charge in [0.25, 0.3) is 0 Å². The van der Waals surface area contributed by atoms with E-state index in [4.69, 9.17) is 9.47 Å². The van der Waals surface area contributed by atoms with Crippen molar-refractivity contribution in [1.29, 1.82) is 0 Å². The van der Waals surface area contributed by atoms with Crippen LogP contribution in [0.1, 0.15) is 26.7 Å². The third kappa shape index (κ3) is 4.09. The molecule has 2 aliphatic heterocycles. The first-order chi connectivity index (χ1) is 11.4. The van der Waals surface area contributed by atoms with Crippen LogP contribution in [0.2, 0.25) is 0 Å². The maximum atomic E-state index is 12.0. The van der Waals surface area contributed by atoms with Crippen molar-refractivity contribution in [2.45, 2.75) is 32.7 Å². The fourth-order valence-electron chi connectivity index (χ4n) is 2.24. The Balaban J connectivity index is 2.10. The lowest BCUT2D eigenvalue weighted by Gasteiger charge is -2.26. The highest BCUT2D eigenvalue weighted by atomic mass is 16.5. The molecule has 0 fully saturated rings. The van der Waals surface area contributed by atoms with Crippen molar-refractivity contribution in [3.8, 4) is 0 Å². The van der Waals surface area contributed by atoms with Crippen molar-refractivity contribution >= 4 is 29.6 Å². The van der Waals surface area contributed by atoms with Gasteiger partial charge in [-0.3, -0.25) is 4.79 Å². The fraction of sp³-hybridized carbons (Fsp3) is 0.500. The number of rotatable bonds is 5. The van der Waals surface area contributed by atoms with Crippen molar-refractivity contribution in [3.63, 3.8) is 0 Å². The molecule has 2 rings (SSSR count). The Labute approximate surface area is 137 Å². The van der Waals surface area contributed by atoms with Gasteiger partial charge in [0, 0.05) is 12.8 Å². The van der Waals surface area contributed by atoms with E-state index in [1.54, 1.807) is 13.8 Å². The number of hydrazone groups is 1. The van der Waals surface area contributed by atoms with E-state index in [1.165, 1.54) is 0 Å². The van der Waals surface area contributed by atoms with Crippen molar-refractivity contribution in [1.82, 2.24) is 16.1 Å². The summed E-state index contributed by atoms with van der Waals surface area (Å²) in [5.74, 6) is -1.62. The Kier molecular flexibility index (Phi) is 5.51. The molecule has 0 aliphatic carbocycles. The Morgan fingerprint density at radius 1 is 1.21 bits per heavy atom. The molecule has 0 unspecified atom stereocenters. The number of hydrogen-bond donors (Lipinski definition) is 3. The van der Waals surface area contributed by atoms with E-state index in [1.807, 2.05) is 0 Å². The SMILES string of the molecule is CCOC(=O)C1=C(COC(=O)C2=NNC(=O)CC2)NC(=O)N[C@@H]1C. The van der Waals surface area contributed by atoms with Crippen LogP contribution in [-0.4, -0.2) is 48.8 Å². The molecule has 0 aromatic carbocycles. The molecular weight excluding hydrogens is 320 g/mol. The lowest BCUT2D eigenvalue weighted by molar-refractivity contribution is -0.140. The maximum Gasteiger partial charge on any atom is 0.354 e. The van der Waals surface area contributed by atoms with Crippen molar-refractivity contribution in [2.24, 2.45) is 5.10 Å². The summed E-state index contributed by atoms with van der Waals surface area (Å²) in [6.45, 7) is 3.13. The van der Waals surface area contributed by atoms with Gasteiger partial charge in [-0.25, -0.2) is 19.8 Å². The second-order valence-corrected chi connectivity index (χ2v) is 5.10. The Morgan fingerprint density at radius 2 is 1.96 bits per heavy atom. The van der Waals surface area contributed by atoms with Crippen LogP contribution in [0, 0.1) is 0 Å². The summed E-state index contributed by atoms with van der Waals surface area (Å²) in [6, 6.07) is -1.10. The summed E-state index contributed by atoms with van der Waals surface area (Å²) in [4.78, 5) is 46.5. The van der Waals surface area contributed by atoms with Crippen LogP contribution in [-0.2, 0) is 23.9 Å². The molecule has 0 radical (unpaired) electrons. The Hall–Kier alpha value is -2.91. The smallest absolute Gasteiger partial charge is 0.354 e. The van der Waals surface area contributed by atoms with E-state index < -0.39 is 24.0 Å². The number of amides is 3. The van der Waals surface area contributed by atoms with E-state index in [-0.39, 0.29) is 48.9 Å². The van der Waals surface area contributed by atoms with Gasteiger partial charge in [-0.2, -0.15) is 5.10 Å². The number of nitrogens with zero attached hydrogens (tertiary/aromatic N) is 1. The van der Waals surface area contributed by atoms with Gasteiger partial charge in [-0.05, 0) is 13.8 Å². The number of hydrogen-bond acceptors (Lipinski definition) is 7. The zero-order valence-corrected chi connectivity index (χ0v) is 13.3. The van der Waals surface area contributed by atoms with E-state index in [0.29, 0.717) is 0 Å². The topological polar surface area (TPSA) is 135 Å². The molecule has 3 amide bonds. The molecule has 2 aliphatic rings. The Morgan fingerprint density at radius 3 is 2.58 bits per heavy atom. The molecule has 0 aromatic rings. The molecule has 3 N–H and O–H groups in total. The molecule has 24 heavy (non-hydrogen) atoms. The average Bonchev–Trinajstić information content (AvgIpc) is 2.52. The number of carbonyl (C=O) groups is 4. The van der Waals surface area contributed by atoms with Crippen LogP contribution < -0.4 is 16.1 Å². The highest BCUT2D eigenvalue weighted by Gasteiger charge is 2.30. The van der Waals surface area contributed by atoms with E-state index in [2.05, 4.69) is 21.2 Å². The molecule has 0 saturated carbocycles. The summed E-state index contributed by atoms with van der Waals surface area (Å²) in [5.41, 5.74) is 2.60. The lowest BCUT2D eigenvalue weighted by atomic mass is 10.0. The van der Waals surface area contributed by atoms with Crippen LogP contribution in [0.5, 0.6) is 0 Å². The van der Waals surface area contributed by atoms with Crippen LogP contribution in [0.15, 0.2) is 16.4 Å². The zero-order chi connectivity index (χ0) is 17.7. The number of urea groups is 1. The second-order valence-electron chi connectivity index (χ2n) is 5.10. The van der Waals surface area contributed by atoms with Crippen molar-refractivity contribution in [2.75, 3.05) is 13.2 Å². The third-order valence-electron chi connectivity index (χ3n) is 3.35. The number of carbonyl (C=O) groups excluding carboxylic acids is 4. The monoisotopic (exact) mass is 338 g/mol. The zero-order valence-electron chi connectivity index (χ0n) is 13.3. The molecule has 130 valence electrons. The predicted octanol–water partition coefficient (Wildman–Crippen LogP) is -0.686. The van der Waals surface area contributed by atoms with Crippen molar-refractivity contribution in [3.05, 3.63) is 11.3 Å². The van der Waals surface area contributed by atoms with Gasteiger partial charge in [0.05, 0.1) is 23.9 Å². The quantitative estimate of drug-likeness (QED) is 0.568. The molecule has 2 heterocycles. The third-order valence-corrected chi connectivity index (χ3v) is 3.35. The highest BCUT2D eigenvalue weighted by Crippen LogP contribution is 2.15. The minimum atomic E-state index is -0.730. The van der Waals surface area contributed by atoms with Crippen molar-refractivity contribution < 1.29 is 28.7 Å². The molecule has 1 atom stereocenters. The van der Waals surface area contributed by atoms with Crippen LogP contribution >= 0.6 is 0 Å². The summed E-state index contributed by atoms with van der Waals surface area (Å²) in [5, 5.41) is 8.60. The van der Waals surface area contributed by atoms with Crippen LogP contribution in [0.25, 0.3) is 0 Å². The summed E-state index contributed by atoms with van der Waals surface area (Å²) >= 11 is 0.